The average Bonchev–Trinajstić information content (AvgIpc) is 2.78. The molecule has 3 heteroatoms. The van der Waals surface area contributed by atoms with Crippen molar-refractivity contribution in [1.29, 1.82) is 0 Å². The summed E-state index contributed by atoms with van der Waals surface area (Å²) in [7, 11) is 0. The van der Waals surface area contributed by atoms with Crippen LogP contribution in [0.1, 0.15) is 30.6 Å². The van der Waals surface area contributed by atoms with Crippen molar-refractivity contribution in [2.75, 3.05) is 19.7 Å². The van der Waals surface area contributed by atoms with Gasteiger partial charge in [-0.3, -0.25) is 0 Å². The van der Waals surface area contributed by atoms with Crippen LogP contribution in [-0.2, 0) is 4.74 Å². The Labute approximate surface area is 102 Å². The number of rotatable bonds is 4. The van der Waals surface area contributed by atoms with Gasteiger partial charge in [-0.05, 0) is 37.1 Å². The maximum atomic E-state index is 13.5. The number of benzene rings is 1. The molecule has 0 bridgehead atoms. The summed E-state index contributed by atoms with van der Waals surface area (Å²) in [6, 6.07) is 5.42. The second kappa shape index (κ2) is 5.61. The molecule has 1 heterocycles. The third-order valence-corrected chi connectivity index (χ3v) is 3.40. The predicted molar refractivity (Wildman–Crippen MR) is 66.5 cm³/mol. The zero-order chi connectivity index (χ0) is 12.3. The maximum Gasteiger partial charge on any atom is 0.126 e. The van der Waals surface area contributed by atoms with E-state index in [0.29, 0.717) is 11.5 Å². The molecule has 1 fully saturated rings. The van der Waals surface area contributed by atoms with Gasteiger partial charge in [0.05, 0.1) is 6.10 Å². The molecule has 1 aromatic carbocycles. The molecule has 0 aliphatic carbocycles. The first-order valence-corrected chi connectivity index (χ1v) is 6.30. The first-order chi connectivity index (χ1) is 8.22. The third kappa shape index (κ3) is 2.85. The van der Waals surface area contributed by atoms with Crippen LogP contribution in [0.4, 0.5) is 4.39 Å². The lowest BCUT2D eigenvalue weighted by Crippen LogP contribution is -2.24. The van der Waals surface area contributed by atoms with E-state index in [1.54, 1.807) is 13.0 Å². The molecule has 1 aromatic rings. The van der Waals surface area contributed by atoms with Crippen molar-refractivity contribution in [3.63, 3.8) is 0 Å². The number of ether oxygens (including phenoxy) is 1. The highest BCUT2D eigenvalue weighted by atomic mass is 19.1. The standard InChI is InChI=1S/C14H20FNO/c1-3-16-9-12-6-7-17-14(12)11-5-4-10(2)13(15)8-11/h4-5,8,12,14,16H,3,6-7,9H2,1-2H3. The molecule has 0 aromatic heterocycles. The second-order valence-corrected chi connectivity index (χ2v) is 4.66. The fourth-order valence-electron chi connectivity index (χ4n) is 2.33. The average molecular weight is 237 g/mol. The Morgan fingerprint density at radius 1 is 1.47 bits per heavy atom. The summed E-state index contributed by atoms with van der Waals surface area (Å²) < 4.78 is 19.3. The summed E-state index contributed by atoms with van der Waals surface area (Å²) in [6.45, 7) is 6.56. The summed E-state index contributed by atoms with van der Waals surface area (Å²) in [6.07, 6.45) is 1.09. The first kappa shape index (κ1) is 12.5. The molecule has 0 amide bonds. The molecule has 1 saturated heterocycles. The van der Waals surface area contributed by atoms with Crippen LogP contribution in [0.5, 0.6) is 0 Å². The Kier molecular flexibility index (Phi) is 4.13. The predicted octanol–water partition coefficient (Wildman–Crippen LogP) is 2.82. The van der Waals surface area contributed by atoms with Crippen LogP contribution in [0.25, 0.3) is 0 Å². The van der Waals surface area contributed by atoms with E-state index in [4.69, 9.17) is 4.74 Å². The fourth-order valence-corrected chi connectivity index (χ4v) is 2.33. The summed E-state index contributed by atoms with van der Waals surface area (Å²) in [4.78, 5) is 0. The van der Waals surface area contributed by atoms with Gasteiger partial charge in [0, 0.05) is 19.1 Å². The molecule has 2 rings (SSSR count). The molecule has 2 unspecified atom stereocenters. The van der Waals surface area contributed by atoms with E-state index < -0.39 is 0 Å². The molecule has 17 heavy (non-hydrogen) atoms. The molecule has 2 atom stereocenters. The molecular weight excluding hydrogens is 217 g/mol. The topological polar surface area (TPSA) is 21.3 Å². The zero-order valence-electron chi connectivity index (χ0n) is 10.5. The van der Waals surface area contributed by atoms with Crippen LogP contribution in [-0.4, -0.2) is 19.7 Å². The van der Waals surface area contributed by atoms with Gasteiger partial charge in [0.1, 0.15) is 5.82 Å². The summed E-state index contributed by atoms with van der Waals surface area (Å²) in [5.41, 5.74) is 1.66. The minimum atomic E-state index is -0.139. The Bertz CT molecular complexity index is 380. The second-order valence-electron chi connectivity index (χ2n) is 4.66. The van der Waals surface area contributed by atoms with Crippen molar-refractivity contribution < 1.29 is 9.13 Å². The number of hydrogen-bond acceptors (Lipinski definition) is 2. The lowest BCUT2D eigenvalue weighted by atomic mass is 9.94. The van der Waals surface area contributed by atoms with Gasteiger partial charge >= 0.3 is 0 Å². The van der Waals surface area contributed by atoms with Crippen molar-refractivity contribution in [2.45, 2.75) is 26.4 Å². The lowest BCUT2D eigenvalue weighted by molar-refractivity contribution is 0.0904. The number of nitrogens with one attached hydrogen (secondary N) is 1. The molecule has 0 saturated carbocycles. The van der Waals surface area contributed by atoms with E-state index in [2.05, 4.69) is 12.2 Å². The molecule has 94 valence electrons. The van der Waals surface area contributed by atoms with E-state index >= 15 is 0 Å². The van der Waals surface area contributed by atoms with Gasteiger partial charge in [-0.1, -0.05) is 19.1 Å². The SMILES string of the molecule is CCNCC1CCOC1c1ccc(C)c(F)c1. The molecule has 2 nitrogen and oxygen atoms in total. The largest absolute Gasteiger partial charge is 0.373 e. The molecule has 1 aliphatic heterocycles. The van der Waals surface area contributed by atoms with E-state index in [9.17, 15) is 4.39 Å². The van der Waals surface area contributed by atoms with E-state index in [0.717, 1.165) is 31.7 Å². The summed E-state index contributed by atoms with van der Waals surface area (Å²) in [5.74, 6) is 0.317. The lowest BCUT2D eigenvalue weighted by Gasteiger charge is -2.19. The van der Waals surface area contributed by atoms with Crippen molar-refractivity contribution in [3.8, 4) is 0 Å². The van der Waals surface area contributed by atoms with Gasteiger partial charge in [-0.15, -0.1) is 0 Å². The maximum absolute atomic E-state index is 13.5. The van der Waals surface area contributed by atoms with Crippen LogP contribution < -0.4 is 5.32 Å². The van der Waals surface area contributed by atoms with Gasteiger partial charge in [-0.25, -0.2) is 4.39 Å². The van der Waals surface area contributed by atoms with Gasteiger partial charge < -0.3 is 10.1 Å². The van der Waals surface area contributed by atoms with Gasteiger partial charge in [0.15, 0.2) is 0 Å². The van der Waals surface area contributed by atoms with Crippen LogP contribution in [0.2, 0.25) is 0 Å². The van der Waals surface area contributed by atoms with E-state index in [1.807, 2.05) is 12.1 Å². The van der Waals surface area contributed by atoms with Gasteiger partial charge in [-0.2, -0.15) is 0 Å². The van der Waals surface area contributed by atoms with Crippen LogP contribution in [0.15, 0.2) is 18.2 Å². The summed E-state index contributed by atoms with van der Waals surface area (Å²) in [5, 5.41) is 3.34. The molecular formula is C14H20FNO. The Balaban J connectivity index is 2.11. The first-order valence-electron chi connectivity index (χ1n) is 6.30. The Hall–Kier alpha value is -0.930. The van der Waals surface area contributed by atoms with Crippen LogP contribution in [0.3, 0.4) is 0 Å². The quantitative estimate of drug-likeness (QED) is 0.869. The van der Waals surface area contributed by atoms with Crippen molar-refractivity contribution in [1.82, 2.24) is 5.32 Å². The van der Waals surface area contributed by atoms with Crippen molar-refractivity contribution >= 4 is 0 Å². The molecule has 0 radical (unpaired) electrons. The summed E-state index contributed by atoms with van der Waals surface area (Å²) >= 11 is 0. The third-order valence-electron chi connectivity index (χ3n) is 3.40. The van der Waals surface area contributed by atoms with E-state index in [-0.39, 0.29) is 11.9 Å². The zero-order valence-corrected chi connectivity index (χ0v) is 10.5. The van der Waals surface area contributed by atoms with Gasteiger partial charge in [0.2, 0.25) is 0 Å². The van der Waals surface area contributed by atoms with Crippen LogP contribution >= 0.6 is 0 Å². The Morgan fingerprint density at radius 2 is 2.29 bits per heavy atom. The van der Waals surface area contributed by atoms with E-state index in [1.165, 1.54) is 0 Å². The normalized spacial score (nSPS) is 24.2. The highest BCUT2D eigenvalue weighted by Gasteiger charge is 2.29. The smallest absolute Gasteiger partial charge is 0.126 e. The minimum Gasteiger partial charge on any atom is -0.373 e. The number of hydrogen-bond donors (Lipinski definition) is 1. The van der Waals surface area contributed by atoms with Crippen molar-refractivity contribution in [3.05, 3.63) is 35.1 Å². The minimum absolute atomic E-state index is 0.0455. The highest BCUT2D eigenvalue weighted by molar-refractivity contribution is 5.26. The number of aryl methyl sites for hydroxylation is 1. The molecule has 1 N–H and O–H groups in total. The molecule has 0 spiro atoms. The highest BCUT2D eigenvalue weighted by Crippen LogP contribution is 2.34. The molecule has 1 aliphatic rings. The van der Waals surface area contributed by atoms with Gasteiger partial charge in [0.25, 0.3) is 0 Å². The number of halogens is 1. The Morgan fingerprint density at radius 3 is 3.00 bits per heavy atom. The van der Waals surface area contributed by atoms with Crippen molar-refractivity contribution in [2.24, 2.45) is 5.92 Å². The van der Waals surface area contributed by atoms with Crippen LogP contribution in [0, 0.1) is 18.7 Å². The monoisotopic (exact) mass is 237 g/mol. The fraction of sp³-hybridized carbons (Fsp3) is 0.571.